The van der Waals surface area contributed by atoms with E-state index in [2.05, 4.69) is 60.6 Å². The molecule has 1 aliphatic heterocycles. The Bertz CT molecular complexity index is 383. The van der Waals surface area contributed by atoms with Crippen LogP contribution in [0.2, 0.25) is 0 Å². The summed E-state index contributed by atoms with van der Waals surface area (Å²) in [5.74, 6) is 0.832. The largest absolute Gasteiger partial charge is 0.312 e. The number of rotatable bonds is 7. The molecule has 1 N–H and O–H groups in total. The van der Waals surface area contributed by atoms with E-state index in [0.29, 0.717) is 12.1 Å². The first-order valence-corrected chi connectivity index (χ1v) is 9.15. The van der Waals surface area contributed by atoms with E-state index in [4.69, 9.17) is 0 Å². The molecule has 0 aromatic carbocycles. The van der Waals surface area contributed by atoms with Crippen LogP contribution < -0.4 is 5.32 Å². The average molecular weight is 310 g/mol. The van der Waals surface area contributed by atoms with Crippen molar-refractivity contribution in [3.8, 4) is 0 Å². The molecule has 2 atom stereocenters. The van der Waals surface area contributed by atoms with E-state index in [0.717, 1.165) is 12.5 Å². The first-order chi connectivity index (χ1) is 10.1. The summed E-state index contributed by atoms with van der Waals surface area (Å²) in [6.45, 7) is 9.43. The number of nitrogens with zero attached hydrogens (tertiary/aromatic N) is 2. The van der Waals surface area contributed by atoms with Crippen LogP contribution in [0.25, 0.3) is 0 Å². The zero-order chi connectivity index (χ0) is 15.2. The fourth-order valence-corrected chi connectivity index (χ4v) is 4.17. The lowest BCUT2D eigenvalue weighted by molar-refractivity contribution is 0.164. The smallest absolute Gasteiger partial charge is 0.0561 e. The van der Waals surface area contributed by atoms with Gasteiger partial charge in [-0.2, -0.15) is 0 Å². The lowest BCUT2D eigenvalue weighted by atomic mass is 9.90. The number of hydrogen-bond acceptors (Lipinski definition) is 4. The molecule has 1 aromatic rings. The normalized spacial score (nSPS) is 20.8. The lowest BCUT2D eigenvalue weighted by Gasteiger charge is -2.35. The Morgan fingerprint density at radius 3 is 2.62 bits per heavy atom. The number of likely N-dealkylation sites (tertiary alicyclic amines) is 1. The van der Waals surface area contributed by atoms with E-state index in [1.54, 1.807) is 0 Å². The molecular weight excluding hydrogens is 278 g/mol. The second kappa shape index (κ2) is 8.28. The Morgan fingerprint density at radius 1 is 1.38 bits per heavy atom. The summed E-state index contributed by atoms with van der Waals surface area (Å²) in [4.78, 5) is 6.35. The summed E-state index contributed by atoms with van der Waals surface area (Å²) < 4.78 is 0. The van der Waals surface area contributed by atoms with Gasteiger partial charge >= 0.3 is 0 Å². The third-order valence-corrected chi connectivity index (χ3v) is 5.89. The van der Waals surface area contributed by atoms with Crippen LogP contribution in [0.1, 0.15) is 37.6 Å². The third kappa shape index (κ3) is 4.78. The third-order valence-electron chi connectivity index (χ3n) is 4.91. The molecule has 0 radical (unpaired) electrons. The molecule has 0 aliphatic carbocycles. The van der Waals surface area contributed by atoms with Gasteiger partial charge in [0.25, 0.3) is 0 Å². The summed E-state index contributed by atoms with van der Waals surface area (Å²) in [5.41, 5.74) is 0. The van der Waals surface area contributed by atoms with Crippen molar-refractivity contribution in [3.63, 3.8) is 0 Å². The Kier molecular flexibility index (Phi) is 6.68. The quantitative estimate of drug-likeness (QED) is 0.835. The van der Waals surface area contributed by atoms with Crippen molar-refractivity contribution < 1.29 is 0 Å². The molecule has 1 saturated heterocycles. The van der Waals surface area contributed by atoms with Crippen LogP contribution in [0.15, 0.2) is 17.5 Å². The van der Waals surface area contributed by atoms with Crippen molar-refractivity contribution in [3.05, 3.63) is 22.4 Å². The predicted octanol–water partition coefficient (Wildman–Crippen LogP) is 3.06. The molecule has 1 fully saturated rings. The molecule has 3 nitrogen and oxygen atoms in total. The van der Waals surface area contributed by atoms with Crippen molar-refractivity contribution in [2.75, 3.05) is 40.3 Å². The summed E-state index contributed by atoms with van der Waals surface area (Å²) >= 11 is 1.86. The molecule has 0 saturated carbocycles. The van der Waals surface area contributed by atoms with E-state index in [1.165, 1.54) is 37.4 Å². The van der Waals surface area contributed by atoms with Gasteiger partial charge < -0.3 is 15.1 Å². The Labute approximate surface area is 134 Å². The highest BCUT2D eigenvalue weighted by Gasteiger charge is 2.24. The van der Waals surface area contributed by atoms with Crippen molar-refractivity contribution in [2.45, 2.75) is 38.8 Å². The maximum atomic E-state index is 3.80. The van der Waals surface area contributed by atoms with Crippen LogP contribution in [-0.4, -0.2) is 56.1 Å². The number of thiophene rings is 1. The zero-order valence-electron chi connectivity index (χ0n) is 14.0. The van der Waals surface area contributed by atoms with Crippen molar-refractivity contribution in [1.82, 2.24) is 15.1 Å². The fourth-order valence-electron chi connectivity index (χ4n) is 3.25. The number of piperidine rings is 1. The van der Waals surface area contributed by atoms with Crippen molar-refractivity contribution >= 4 is 11.3 Å². The van der Waals surface area contributed by atoms with Crippen LogP contribution in [0.5, 0.6) is 0 Å². The highest BCUT2D eigenvalue weighted by atomic mass is 32.1. The summed E-state index contributed by atoms with van der Waals surface area (Å²) in [6, 6.07) is 5.51. The van der Waals surface area contributed by atoms with Crippen LogP contribution in [0, 0.1) is 5.92 Å². The minimum atomic E-state index is 0.489. The zero-order valence-corrected chi connectivity index (χ0v) is 14.8. The average Bonchev–Trinajstić information content (AvgIpc) is 3.01. The standard InChI is InChI=1S/C17H31N3S/c1-5-20-10-8-15(9-11-20)14(2)18-13-16(19(3)4)17-7-6-12-21-17/h6-7,12,14-16,18H,5,8-11,13H2,1-4H3. The number of nitrogens with one attached hydrogen (secondary N) is 1. The number of likely N-dealkylation sites (N-methyl/N-ethyl adjacent to an activating group) is 1. The van der Waals surface area contributed by atoms with E-state index in [1.807, 2.05) is 11.3 Å². The van der Waals surface area contributed by atoms with E-state index in [9.17, 15) is 0 Å². The molecule has 1 aliphatic rings. The molecule has 2 rings (SSSR count). The molecule has 4 heteroatoms. The lowest BCUT2D eigenvalue weighted by Crippen LogP contribution is -2.44. The van der Waals surface area contributed by atoms with Gasteiger partial charge in [-0.05, 0) is 70.9 Å². The van der Waals surface area contributed by atoms with Gasteiger partial charge in [-0.3, -0.25) is 0 Å². The Hall–Kier alpha value is -0.420. The maximum absolute atomic E-state index is 3.80. The van der Waals surface area contributed by atoms with Crippen molar-refractivity contribution in [2.24, 2.45) is 5.92 Å². The van der Waals surface area contributed by atoms with Gasteiger partial charge in [0, 0.05) is 17.5 Å². The molecule has 1 aromatic heterocycles. The van der Waals surface area contributed by atoms with Gasteiger partial charge in [-0.1, -0.05) is 13.0 Å². The van der Waals surface area contributed by atoms with Crippen LogP contribution >= 0.6 is 11.3 Å². The Morgan fingerprint density at radius 2 is 2.10 bits per heavy atom. The monoisotopic (exact) mass is 309 g/mol. The summed E-state index contributed by atoms with van der Waals surface area (Å²) in [7, 11) is 4.35. The minimum Gasteiger partial charge on any atom is -0.312 e. The molecule has 0 amide bonds. The van der Waals surface area contributed by atoms with Gasteiger partial charge in [0.1, 0.15) is 0 Å². The van der Waals surface area contributed by atoms with Gasteiger partial charge in [0.15, 0.2) is 0 Å². The van der Waals surface area contributed by atoms with E-state index >= 15 is 0 Å². The second-order valence-electron chi connectivity index (χ2n) is 6.46. The second-order valence-corrected chi connectivity index (χ2v) is 7.44. The van der Waals surface area contributed by atoms with Gasteiger partial charge in [0.05, 0.1) is 6.04 Å². The van der Waals surface area contributed by atoms with Gasteiger partial charge in [-0.15, -0.1) is 11.3 Å². The molecule has 2 heterocycles. The highest BCUT2D eigenvalue weighted by molar-refractivity contribution is 7.10. The predicted molar refractivity (Wildman–Crippen MR) is 93.0 cm³/mol. The van der Waals surface area contributed by atoms with Gasteiger partial charge in [0.2, 0.25) is 0 Å². The molecule has 120 valence electrons. The SMILES string of the molecule is CCN1CCC(C(C)NCC(c2cccs2)N(C)C)CC1. The van der Waals surface area contributed by atoms with E-state index < -0.39 is 0 Å². The topological polar surface area (TPSA) is 18.5 Å². The molecular formula is C17H31N3S. The van der Waals surface area contributed by atoms with Crippen molar-refractivity contribution in [1.29, 1.82) is 0 Å². The Balaban J connectivity index is 1.81. The molecule has 21 heavy (non-hydrogen) atoms. The van der Waals surface area contributed by atoms with Crippen LogP contribution in [-0.2, 0) is 0 Å². The van der Waals surface area contributed by atoms with Crippen LogP contribution in [0.3, 0.4) is 0 Å². The summed E-state index contributed by atoms with van der Waals surface area (Å²) in [6.07, 6.45) is 2.68. The minimum absolute atomic E-state index is 0.489. The molecule has 0 spiro atoms. The highest BCUT2D eigenvalue weighted by Crippen LogP contribution is 2.24. The first kappa shape index (κ1) is 16.9. The number of hydrogen-bond donors (Lipinski definition) is 1. The first-order valence-electron chi connectivity index (χ1n) is 8.27. The summed E-state index contributed by atoms with van der Waals surface area (Å²) in [5, 5.41) is 5.98. The molecule has 0 bridgehead atoms. The van der Waals surface area contributed by atoms with Crippen LogP contribution in [0.4, 0.5) is 0 Å². The molecule has 2 unspecified atom stereocenters. The maximum Gasteiger partial charge on any atom is 0.0561 e. The fraction of sp³-hybridized carbons (Fsp3) is 0.765. The van der Waals surface area contributed by atoms with Gasteiger partial charge in [-0.25, -0.2) is 0 Å². The van der Waals surface area contributed by atoms with E-state index in [-0.39, 0.29) is 0 Å².